The number of alkyl halides is 2. The fraction of sp³-hybridized carbons (Fsp3) is 0.900. The summed E-state index contributed by atoms with van der Waals surface area (Å²) < 4.78 is 25.9. The van der Waals surface area contributed by atoms with E-state index < -0.39 is 23.9 Å². The normalized spacial score (nSPS) is 22.7. The largest absolute Gasteiger partial charge is 0.480 e. The van der Waals surface area contributed by atoms with Crippen molar-refractivity contribution in [3.63, 3.8) is 0 Å². The van der Waals surface area contributed by atoms with Gasteiger partial charge in [-0.1, -0.05) is 0 Å². The molecule has 1 saturated heterocycles. The van der Waals surface area contributed by atoms with Gasteiger partial charge in [0.05, 0.1) is 0 Å². The first kappa shape index (κ1) is 12.4. The highest BCUT2D eigenvalue weighted by molar-refractivity contribution is 5.72. The van der Waals surface area contributed by atoms with Crippen molar-refractivity contribution >= 4 is 5.97 Å². The smallest absolute Gasteiger partial charge is 0.320 e. The number of hydrogen-bond acceptors (Lipinski definition) is 2. The summed E-state index contributed by atoms with van der Waals surface area (Å²) in [4.78, 5) is 12.4. The van der Waals surface area contributed by atoms with Gasteiger partial charge in [-0.2, -0.15) is 0 Å². The minimum Gasteiger partial charge on any atom is -0.480 e. The third-order valence-electron chi connectivity index (χ3n) is 3.15. The Labute approximate surface area is 88.1 Å². The number of carboxylic acid groups (broad SMARTS) is 1. The van der Waals surface area contributed by atoms with E-state index in [1.54, 1.807) is 11.8 Å². The molecular weight excluding hydrogens is 204 g/mol. The van der Waals surface area contributed by atoms with Gasteiger partial charge in [0.25, 0.3) is 0 Å². The highest BCUT2D eigenvalue weighted by Crippen LogP contribution is 2.32. The second-order valence-corrected chi connectivity index (χ2v) is 4.28. The molecule has 1 aliphatic rings. The van der Waals surface area contributed by atoms with E-state index in [0.717, 1.165) is 6.92 Å². The fourth-order valence-electron chi connectivity index (χ4n) is 1.95. The molecule has 5 heteroatoms. The maximum atomic E-state index is 13.0. The van der Waals surface area contributed by atoms with Crippen LogP contribution < -0.4 is 0 Å². The number of hydrogen-bond donors (Lipinski definition) is 1. The molecule has 0 aromatic heterocycles. The van der Waals surface area contributed by atoms with Crippen LogP contribution >= 0.6 is 0 Å². The molecule has 15 heavy (non-hydrogen) atoms. The van der Waals surface area contributed by atoms with Gasteiger partial charge in [-0.25, -0.2) is 8.78 Å². The molecule has 0 aromatic rings. The number of rotatable bonds is 3. The summed E-state index contributed by atoms with van der Waals surface area (Å²) in [6, 6.07) is -0.573. The van der Waals surface area contributed by atoms with Gasteiger partial charge < -0.3 is 5.11 Å². The van der Waals surface area contributed by atoms with Crippen LogP contribution in [0.4, 0.5) is 8.78 Å². The van der Waals surface area contributed by atoms with E-state index >= 15 is 0 Å². The van der Waals surface area contributed by atoms with Crippen molar-refractivity contribution in [3.05, 3.63) is 0 Å². The number of nitrogens with zero attached hydrogens (tertiary/aromatic N) is 1. The third kappa shape index (κ3) is 3.12. The van der Waals surface area contributed by atoms with E-state index in [9.17, 15) is 13.6 Å². The summed E-state index contributed by atoms with van der Waals surface area (Å²) in [6.45, 7) is 3.42. The fourth-order valence-corrected chi connectivity index (χ4v) is 1.95. The van der Waals surface area contributed by atoms with Crippen LogP contribution in [-0.2, 0) is 4.79 Å². The second kappa shape index (κ2) is 4.43. The van der Waals surface area contributed by atoms with Gasteiger partial charge in [0.15, 0.2) is 0 Å². The molecule has 0 spiro atoms. The van der Waals surface area contributed by atoms with Crippen molar-refractivity contribution < 1.29 is 18.7 Å². The molecule has 1 heterocycles. The minimum absolute atomic E-state index is 0.376. The lowest BCUT2D eigenvalue weighted by atomic mass is 9.91. The standard InChI is InChI=1S/C10H17F2NO2/c1-7(9(14)15)13-5-3-8(4-6-13)10(2,11)12/h7-8H,3-6H2,1-2H3,(H,14,15)/t7-/m0/s1. The first-order chi connectivity index (χ1) is 6.82. The van der Waals surface area contributed by atoms with Crippen LogP contribution in [-0.4, -0.2) is 41.0 Å². The highest BCUT2D eigenvalue weighted by atomic mass is 19.3. The van der Waals surface area contributed by atoms with E-state index in [1.165, 1.54) is 0 Å². The lowest BCUT2D eigenvalue weighted by Crippen LogP contribution is -2.46. The molecule has 0 aliphatic carbocycles. The summed E-state index contributed by atoms with van der Waals surface area (Å²) in [5.41, 5.74) is 0. The van der Waals surface area contributed by atoms with Gasteiger partial charge in [0.2, 0.25) is 5.92 Å². The second-order valence-electron chi connectivity index (χ2n) is 4.28. The Morgan fingerprint density at radius 2 is 1.93 bits per heavy atom. The summed E-state index contributed by atoms with van der Waals surface area (Å²) >= 11 is 0. The molecule has 0 radical (unpaired) electrons. The molecule has 0 aromatic carbocycles. The number of halogens is 2. The maximum absolute atomic E-state index is 13.0. The molecule has 0 unspecified atom stereocenters. The van der Waals surface area contributed by atoms with Gasteiger partial charge in [-0.05, 0) is 39.8 Å². The molecule has 0 saturated carbocycles. The molecule has 1 atom stereocenters. The van der Waals surface area contributed by atoms with Crippen LogP contribution in [0.5, 0.6) is 0 Å². The Morgan fingerprint density at radius 3 is 2.27 bits per heavy atom. The first-order valence-electron chi connectivity index (χ1n) is 5.17. The van der Waals surface area contributed by atoms with Crippen LogP contribution in [0.2, 0.25) is 0 Å². The maximum Gasteiger partial charge on any atom is 0.320 e. The monoisotopic (exact) mass is 221 g/mol. The van der Waals surface area contributed by atoms with Crippen molar-refractivity contribution in [3.8, 4) is 0 Å². The van der Waals surface area contributed by atoms with Gasteiger partial charge in [0.1, 0.15) is 6.04 Å². The molecule has 1 aliphatic heterocycles. The van der Waals surface area contributed by atoms with Crippen LogP contribution in [0, 0.1) is 5.92 Å². The number of carbonyl (C=O) groups is 1. The molecule has 0 amide bonds. The zero-order valence-electron chi connectivity index (χ0n) is 9.04. The molecule has 88 valence electrons. The van der Waals surface area contributed by atoms with Crippen molar-refractivity contribution in [1.29, 1.82) is 0 Å². The summed E-state index contributed by atoms with van der Waals surface area (Å²) in [6.07, 6.45) is 0.752. The predicted molar refractivity (Wildman–Crippen MR) is 52.0 cm³/mol. The Morgan fingerprint density at radius 1 is 1.47 bits per heavy atom. The van der Waals surface area contributed by atoms with Gasteiger partial charge in [-0.3, -0.25) is 9.69 Å². The summed E-state index contributed by atoms with van der Waals surface area (Å²) in [7, 11) is 0. The van der Waals surface area contributed by atoms with Crippen LogP contribution in [0.3, 0.4) is 0 Å². The van der Waals surface area contributed by atoms with E-state index in [1.807, 2.05) is 0 Å². The van der Waals surface area contributed by atoms with E-state index in [-0.39, 0.29) is 0 Å². The van der Waals surface area contributed by atoms with Crippen molar-refractivity contribution in [2.24, 2.45) is 5.92 Å². The Hall–Kier alpha value is -0.710. The van der Waals surface area contributed by atoms with Gasteiger partial charge >= 0.3 is 5.97 Å². The Bertz CT molecular complexity index is 232. The summed E-state index contributed by atoms with van der Waals surface area (Å²) in [5.74, 6) is -4.13. The topological polar surface area (TPSA) is 40.5 Å². The lowest BCUT2D eigenvalue weighted by Gasteiger charge is -2.36. The van der Waals surface area contributed by atoms with Crippen LogP contribution in [0.15, 0.2) is 0 Å². The third-order valence-corrected chi connectivity index (χ3v) is 3.15. The molecule has 3 nitrogen and oxygen atoms in total. The quantitative estimate of drug-likeness (QED) is 0.790. The molecule has 1 rings (SSSR count). The number of carboxylic acids is 1. The zero-order valence-corrected chi connectivity index (χ0v) is 9.04. The minimum atomic E-state index is -2.64. The van der Waals surface area contributed by atoms with Crippen LogP contribution in [0.1, 0.15) is 26.7 Å². The molecule has 1 fully saturated rings. The van der Waals surface area contributed by atoms with Crippen molar-refractivity contribution in [2.75, 3.05) is 13.1 Å². The lowest BCUT2D eigenvalue weighted by molar-refractivity contribution is -0.144. The van der Waals surface area contributed by atoms with E-state index in [2.05, 4.69) is 0 Å². The van der Waals surface area contributed by atoms with Crippen molar-refractivity contribution in [1.82, 2.24) is 4.90 Å². The number of aliphatic carboxylic acids is 1. The average molecular weight is 221 g/mol. The zero-order chi connectivity index (χ0) is 11.6. The van der Waals surface area contributed by atoms with E-state index in [4.69, 9.17) is 5.11 Å². The van der Waals surface area contributed by atoms with Crippen LogP contribution in [0.25, 0.3) is 0 Å². The highest BCUT2D eigenvalue weighted by Gasteiger charge is 2.37. The number of piperidine rings is 1. The van der Waals surface area contributed by atoms with Gasteiger partial charge in [-0.15, -0.1) is 0 Å². The molecule has 1 N–H and O–H groups in total. The average Bonchev–Trinajstić information content (AvgIpc) is 2.15. The molecule has 0 bridgehead atoms. The Kier molecular flexibility index (Phi) is 3.65. The first-order valence-corrected chi connectivity index (χ1v) is 5.17. The Balaban J connectivity index is 2.46. The van der Waals surface area contributed by atoms with Crippen molar-refractivity contribution in [2.45, 2.75) is 38.7 Å². The summed E-state index contributed by atoms with van der Waals surface area (Å²) in [5, 5.41) is 8.77. The SMILES string of the molecule is C[C@@H](C(=O)O)N1CCC(C(C)(F)F)CC1. The van der Waals surface area contributed by atoms with Gasteiger partial charge in [0, 0.05) is 5.92 Å². The van der Waals surface area contributed by atoms with E-state index in [0.29, 0.717) is 25.9 Å². The molecular formula is C10H17F2NO2. The predicted octanol–water partition coefficient (Wildman–Crippen LogP) is 1.83. The number of likely N-dealkylation sites (tertiary alicyclic amines) is 1.